The molecule has 1 N–H and O–H groups in total. The molecule has 4 heteroatoms. The van der Waals surface area contributed by atoms with Gasteiger partial charge in [0.05, 0.1) is 5.71 Å². The van der Waals surface area contributed by atoms with Gasteiger partial charge in [-0.05, 0) is 44.0 Å². The van der Waals surface area contributed by atoms with Crippen molar-refractivity contribution in [3.8, 4) is 5.75 Å². The molecule has 1 aliphatic rings. The van der Waals surface area contributed by atoms with Crippen molar-refractivity contribution in [3.63, 3.8) is 0 Å². The molecule has 1 fully saturated rings. The fourth-order valence-electron chi connectivity index (χ4n) is 3.31. The minimum Gasteiger partial charge on any atom is -0.507 e. The molecule has 0 unspecified atom stereocenters. The number of aromatic hydroxyl groups is 1. The zero-order valence-electron chi connectivity index (χ0n) is 15.4. The van der Waals surface area contributed by atoms with Gasteiger partial charge in [-0.1, -0.05) is 35.9 Å². The van der Waals surface area contributed by atoms with Crippen LogP contribution in [-0.4, -0.2) is 46.9 Å². The highest BCUT2D eigenvalue weighted by Crippen LogP contribution is 2.18. The standard InChI is InChI=1S/C21H27N3O/c1-16-8-9-19(17(2)14-16)15-23-10-12-24(13-11-23)22-18(3)20-6-4-5-7-21(20)25/h4-9,14,25H,10-13,15H2,1-3H3/b22-18-. The molecule has 0 aromatic heterocycles. The van der Waals surface area contributed by atoms with Gasteiger partial charge in [-0.2, -0.15) is 5.10 Å². The first kappa shape index (κ1) is 17.5. The van der Waals surface area contributed by atoms with E-state index in [1.165, 1.54) is 16.7 Å². The molecule has 0 radical (unpaired) electrons. The second-order valence-electron chi connectivity index (χ2n) is 6.86. The molecule has 2 aromatic rings. The Bertz CT molecular complexity index is 761. The van der Waals surface area contributed by atoms with Gasteiger partial charge in [0.2, 0.25) is 0 Å². The molecule has 0 aliphatic carbocycles. The molecule has 4 nitrogen and oxygen atoms in total. The summed E-state index contributed by atoms with van der Waals surface area (Å²) in [4.78, 5) is 2.49. The number of hydrazone groups is 1. The van der Waals surface area contributed by atoms with Gasteiger partial charge in [0, 0.05) is 38.3 Å². The molecule has 3 rings (SSSR count). The van der Waals surface area contributed by atoms with E-state index in [1.807, 2.05) is 25.1 Å². The normalized spacial score (nSPS) is 16.3. The maximum Gasteiger partial charge on any atom is 0.124 e. The van der Waals surface area contributed by atoms with Crippen molar-refractivity contribution in [1.82, 2.24) is 9.91 Å². The van der Waals surface area contributed by atoms with Crippen LogP contribution in [0.2, 0.25) is 0 Å². The van der Waals surface area contributed by atoms with E-state index in [9.17, 15) is 5.11 Å². The molecule has 1 saturated heterocycles. The van der Waals surface area contributed by atoms with Crippen LogP contribution < -0.4 is 0 Å². The number of benzene rings is 2. The number of phenolic OH excluding ortho intramolecular Hbond substituents is 1. The van der Waals surface area contributed by atoms with Gasteiger partial charge in [-0.15, -0.1) is 0 Å². The number of hydrogen-bond donors (Lipinski definition) is 1. The summed E-state index contributed by atoms with van der Waals surface area (Å²) in [6.45, 7) is 11.1. The van der Waals surface area contributed by atoms with Crippen LogP contribution in [0.15, 0.2) is 47.6 Å². The zero-order chi connectivity index (χ0) is 17.8. The van der Waals surface area contributed by atoms with Crippen LogP contribution in [-0.2, 0) is 6.54 Å². The van der Waals surface area contributed by atoms with Crippen molar-refractivity contribution in [2.75, 3.05) is 26.2 Å². The molecule has 1 heterocycles. The van der Waals surface area contributed by atoms with Gasteiger partial charge < -0.3 is 5.11 Å². The summed E-state index contributed by atoms with van der Waals surface area (Å²) >= 11 is 0. The Morgan fingerprint density at radius 2 is 1.76 bits per heavy atom. The van der Waals surface area contributed by atoms with Crippen molar-refractivity contribution < 1.29 is 5.11 Å². The minimum absolute atomic E-state index is 0.289. The Morgan fingerprint density at radius 3 is 2.44 bits per heavy atom. The number of phenols is 1. The summed E-state index contributed by atoms with van der Waals surface area (Å²) in [6, 6.07) is 14.1. The van der Waals surface area contributed by atoms with E-state index in [0.29, 0.717) is 0 Å². The first-order valence-corrected chi connectivity index (χ1v) is 8.90. The van der Waals surface area contributed by atoms with Gasteiger partial charge in [-0.3, -0.25) is 9.91 Å². The number of nitrogens with zero attached hydrogens (tertiary/aromatic N) is 3. The van der Waals surface area contributed by atoms with Crippen LogP contribution in [0.5, 0.6) is 5.75 Å². The van der Waals surface area contributed by atoms with E-state index in [0.717, 1.165) is 44.0 Å². The molecule has 0 saturated carbocycles. The predicted molar refractivity (Wildman–Crippen MR) is 103 cm³/mol. The Balaban J connectivity index is 1.58. The number of aryl methyl sites for hydroxylation is 2. The molecule has 0 bridgehead atoms. The van der Waals surface area contributed by atoms with E-state index >= 15 is 0 Å². The number of hydrogen-bond acceptors (Lipinski definition) is 4. The SMILES string of the molecule is C/C(=N/N1CCN(Cc2ccc(C)cc2C)CC1)c1ccccc1O. The van der Waals surface area contributed by atoms with Gasteiger partial charge in [0.15, 0.2) is 0 Å². The van der Waals surface area contributed by atoms with Gasteiger partial charge in [0.1, 0.15) is 5.75 Å². The average Bonchev–Trinajstić information content (AvgIpc) is 2.59. The first-order chi connectivity index (χ1) is 12.0. The summed E-state index contributed by atoms with van der Waals surface area (Å²) in [7, 11) is 0. The lowest BCUT2D eigenvalue weighted by atomic mass is 10.1. The van der Waals surface area contributed by atoms with E-state index < -0.39 is 0 Å². The van der Waals surface area contributed by atoms with Crippen molar-refractivity contribution >= 4 is 5.71 Å². The van der Waals surface area contributed by atoms with E-state index in [2.05, 4.69) is 42.0 Å². The van der Waals surface area contributed by atoms with Gasteiger partial charge in [-0.25, -0.2) is 0 Å². The monoisotopic (exact) mass is 337 g/mol. The Kier molecular flexibility index (Phi) is 5.39. The summed E-state index contributed by atoms with van der Waals surface area (Å²) in [5.74, 6) is 0.289. The maximum atomic E-state index is 9.95. The molecular weight excluding hydrogens is 310 g/mol. The second kappa shape index (κ2) is 7.70. The van der Waals surface area contributed by atoms with E-state index in [-0.39, 0.29) is 5.75 Å². The maximum absolute atomic E-state index is 9.95. The van der Waals surface area contributed by atoms with Crippen LogP contribution in [0.3, 0.4) is 0 Å². The van der Waals surface area contributed by atoms with Crippen molar-refractivity contribution in [2.45, 2.75) is 27.3 Å². The first-order valence-electron chi connectivity index (χ1n) is 8.90. The number of rotatable bonds is 4. The Hall–Kier alpha value is -2.33. The van der Waals surface area contributed by atoms with Gasteiger partial charge in [0.25, 0.3) is 0 Å². The third kappa shape index (κ3) is 4.40. The summed E-state index contributed by atoms with van der Waals surface area (Å²) in [5, 5.41) is 16.8. The van der Waals surface area contributed by atoms with Crippen molar-refractivity contribution in [2.24, 2.45) is 5.10 Å². The lowest BCUT2D eigenvalue weighted by Crippen LogP contribution is -2.44. The molecule has 2 aromatic carbocycles. The highest BCUT2D eigenvalue weighted by molar-refractivity contribution is 6.00. The third-order valence-electron chi connectivity index (χ3n) is 4.83. The lowest BCUT2D eigenvalue weighted by molar-refractivity contribution is 0.130. The molecule has 0 amide bonds. The smallest absolute Gasteiger partial charge is 0.124 e. The molecule has 132 valence electrons. The fraction of sp³-hybridized carbons (Fsp3) is 0.381. The Morgan fingerprint density at radius 1 is 1.04 bits per heavy atom. The molecule has 0 atom stereocenters. The molecule has 25 heavy (non-hydrogen) atoms. The average molecular weight is 337 g/mol. The summed E-state index contributed by atoms with van der Waals surface area (Å²) in [6.07, 6.45) is 0. The largest absolute Gasteiger partial charge is 0.507 e. The third-order valence-corrected chi connectivity index (χ3v) is 4.83. The fourth-order valence-corrected chi connectivity index (χ4v) is 3.31. The second-order valence-corrected chi connectivity index (χ2v) is 6.86. The van der Waals surface area contributed by atoms with E-state index in [1.54, 1.807) is 6.07 Å². The van der Waals surface area contributed by atoms with Crippen molar-refractivity contribution in [3.05, 3.63) is 64.7 Å². The van der Waals surface area contributed by atoms with Crippen LogP contribution in [0, 0.1) is 13.8 Å². The summed E-state index contributed by atoms with van der Waals surface area (Å²) < 4.78 is 0. The number of para-hydroxylation sites is 1. The van der Waals surface area contributed by atoms with Crippen LogP contribution in [0.4, 0.5) is 0 Å². The zero-order valence-corrected chi connectivity index (χ0v) is 15.4. The quantitative estimate of drug-likeness (QED) is 0.867. The van der Waals surface area contributed by atoms with Crippen LogP contribution in [0.1, 0.15) is 29.2 Å². The molecular formula is C21H27N3O. The molecule has 0 spiro atoms. The van der Waals surface area contributed by atoms with Crippen LogP contribution >= 0.6 is 0 Å². The highest BCUT2D eigenvalue weighted by Gasteiger charge is 2.17. The summed E-state index contributed by atoms with van der Waals surface area (Å²) in [5.41, 5.74) is 5.77. The molecule has 1 aliphatic heterocycles. The lowest BCUT2D eigenvalue weighted by Gasteiger charge is -2.33. The van der Waals surface area contributed by atoms with Gasteiger partial charge >= 0.3 is 0 Å². The number of piperazine rings is 1. The highest BCUT2D eigenvalue weighted by atomic mass is 16.3. The predicted octanol–water partition coefficient (Wildman–Crippen LogP) is 3.55. The topological polar surface area (TPSA) is 39.1 Å². The minimum atomic E-state index is 0.289. The van der Waals surface area contributed by atoms with Crippen molar-refractivity contribution in [1.29, 1.82) is 0 Å². The van der Waals surface area contributed by atoms with E-state index in [4.69, 9.17) is 5.10 Å². The Labute approximate surface area is 150 Å². The van der Waals surface area contributed by atoms with Crippen LogP contribution in [0.25, 0.3) is 0 Å².